The maximum atomic E-state index is 11.7. The van der Waals surface area contributed by atoms with Crippen molar-refractivity contribution >= 4 is 17.2 Å². The van der Waals surface area contributed by atoms with E-state index in [0.717, 1.165) is 36.4 Å². The molecule has 0 radical (unpaired) electrons. The van der Waals surface area contributed by atoms with Crippen LogP contribution >= 0.6 is 11.3 Å². The van der Waals surface area contributed by atoms with Crippen LogP contribution in [0.1, 0.15) is 43.3 Å². The molecule has 1 aromatic rings. The number of aryl methyl sites for hydroxylation is 1. The van der Waals surface area contributed by atoms with Crippen molar-refractivity contribution in [3.63, 3.8) is 0 Å². The normalized spacial score (nSPS) is 22.6. The van der Waals surface area contributed by atoms with Crippen molar-refractivity contribution < 1.29 is 9.53 Å². The lowest BCUT2D eigenvalue weighted by molar-refractivity contribution is -0.121. The van der Waals surface area contributed by atoms with Crippen LogP contribution in [0.3, 0.4) is 0 Å². The van der Waals surface area contributed by atoms with E-state index in [1.807, 2.05) is 12.3 Å². The number of rotatable bonds is 6. The van der Waals surface area contributed by atoms with Gasteiger partial charge in [0.15, 0.2) is 0 Å². The molecule has 1 amide bonds. The zero-order valence-corrected chi connectivity index (χ0v) is 12.5. The Morgan fingerprint density at radius 3 is 3.05 bits per heavy atom. The minimum absolute atomic E-state index is 0.122. The highest BCUT2D eigenvalue weighted by Gasteiger charge is 2.21. The lowest BCUT2D eigenvalue weighted by Gasteiger charge is -2.10. The summed E-state index contributed by atoms with van der Waals surface area (Å²) < 4.78 is 5.70. The van der Waals surface area contributed by atoms with E-state index >= 15 is 0 Å². The van der Waals surface area contributed by atoms with Crippen LogP contribution < -0.4 is 5.32 Å². The predicted molar refractivity (Wildman–Crippen MR) is 76.4 cm³/mol. The third-order valence-electron chi connectivity index (χ3n) is 3.34. The first-order valence-electron chi connectivity index (χ1n) is 6.96. The fourth-order valence-corrected chi connectivity index (χ4v) is 3.08. The van der Waals surface area contributed by atoms with E-state index in [9.17, 15) is 4.79 Å². The zero-order chi connectivity index (χ0) is 13.7. The standard InChI is InChI=1S/C14H22N2O2S/c1-10-9-19-14(16-10)7-8-15-13(17)6-5-12-4-3-11(2)18-12/h9,11-12H,3-8H2,1-2H3,(H,15,17). The number of carbonyl (C=O) groups is 1. The first kappa shape index (κ1) is 14.5. The number of carbonyl (C=O) groups excluding carboxylic acids is 1. The average Bonchev–Trinajstić information content (AvgIpc) is 2.96. The minimum Gasteiger partial charge on any atom is -0.375 e. The van der Waals surface area contributed by atoms with Gasteiger partial charge in [0.2, 0.25) is 5.91 Å². The number of aromatic nitrogens is 1. The molecule has 4 nitrogen and oxygen atoms in total. The Bertz CT molecular complexity index is 419. The third-order valence-corrected chi connectivity index (χ3v) is 4.37. The molecular weight excluding hydrogens is 260 g/mol. The molecule has 106 valence electrons. The number of ether oxygens (including phenoxy) is 1. The van der Waals surface area contributed by atoms with E-state index in [2.05, 4.69) is 17.2 Å². The van der Waals surface area contributed by atoms with Gasteiger partial charge in [-0.25, -0.2) is 4.98 Å². The van der Waals surface area contributed by atoms with Gasteiger partial charge >= 0.3 is 0 Å². The topological polar surface area (TPSA) is 51.2 Å². The lowest BCUT2D eigenvalue weighted by Crippen LogP contribution is -2.26. The molecule has 1 aliphatic rings. The molecule has 1 fully saturated rings. The van der Waals surface area contributed by atoms with Crippen LogP contribution in [-0.2, 0) is 16.0 Å². The largest absolute Gasteiger partial charge is 0.375 e. The molecular formula is C14H22N2O2S. The number of nitrogens with zero attached hydrogens (tertiary/aromatic N) is 1. The summed E-state index contributed by atoms with van der Waals surface area (Å²) in [5.41, 5.74) is 1.05. The Balaban J connectivity index is 1.57. The molecule has 1 saturated heterocycles. The molecule has 0 aromatic carbocycles. The van der Waals surface area contributed by atoms with Gasteiger partial charge in [0, 0.05) is 30.5 Å². The van der Waals surface area contributed by atoms with Gasteiger partial charge in [-0.2, -0.15) is 0 Å². The number of amides is 1. The molecule has 2 rings (SSSR count). The number of thiazole rings is 1. The second-order valence-corrected chi connectivity index (χ2v) is 6.11. The molecule has 2 atom stereocenters. The van der Waals surface area contributed by atoms with Crippen LogP contribution in [0.5, 0.6) is 0 Å². The van der Waals surface area contributed by atoms with Gasteiger partial charge in [-0.1, -0.05) is 0 Å². The Hall–Kier alpha value is -0.940. The third kappa shape index (κ3) is 4.91. The van der Waals surface area contributed by atoms with Crippen LogP contribution in [0, 0.1) is 6.92 Å². The van der Waals surface area contributed by atoms with E-state index in [1.54, 1.807) is 11.3 Å². The van der Waals surface area contributed by atoms with Crippen LogP contribution in [0.15, 0.2) is 5.38 Å². The van der Waals surface area contributed by atoms with E-state index in [0.29, 0.717) is 19.1 Å². The van der Waals surface area contributed by atoms with Gasteiger partial charge in [-0.05, 0) is 33.1 Å². The molecule has 0 aliphatic carbocycles. The molecule has 1 aromatic heterocycles. The second kappa shape index (κ2) is 7.01. The van der Waals surface area contributed by atoms with Gasteiger partial charge < -0.3 is 10.1 Å². The van der Waals surface area contributed by atoms with Gasteiger partial charge in [0.05, 0.1) is 17.2 Å². The Morgan fingerprint density at radius 2 is 2.42 bits per heavy atom. The van der Waals surface area contributed by atoms with Crippen LogP contribution in [-0.4, -0.2) is 29.6 Å². The summed E-state index contributed by atoms with van der Waals surface area (Å²) >= 11 is 1.65. The molecule has 0 saturated carbocycles. The summed E-state index contributed by atoms with van der Waals surface area (Å²) in [5.74, 6) is 0.122. The fourth-order valence-electron chi connectivity index (χ4n) is 2.30. The summed E-state index contributed by atoms with van der Waals surface area (Å²) in [4.78, 5) is 16.1. The highest BCUT2D eigenvalue weighted by molar-refractivity contribution is 7.09. The van der Waals surface area contributed by atoms with Crippen molar-refractivity contribution in [1.82, 2.24) is 10.3 Å². The van der Waals surface area contributed by atoms with E-state index < -0.39 is 0 Å². The molecule has 1 N–H and O–H groups in total. The minimum atomic E-state index is 0.122. The zero-order valence-electron chi connectivity index (χ0n) is 11.6. The van der Waals surface area contributed by atoms with Gasteiger partial charge in [-0.15, -0.1) is 11.3 Å². The number of hydrogen-bond donors (Lipinski definition) is 1. The first-order valence-corrected chi connectivity index (χ1v) is 7.84. The smallest absolute Gasteiger partial charge is 0.220 e. The Kier molecular flexibility index (Phi) is 5.34. The van der Waals surface area contributed by atoms with Gasteiger partial charge in [0.1, 0.15) is 0 Å². The van der Waals surface area contributed by atoms with Crippen molar-refractivity contribution in [3.05, 3.63) is 16.1 Å². The molecule has 0 bridgehead atoms. The van der Waals surface area contributed by atoms with Crippen molar-refractivity contribution in [2.45, 2.75) is 58.2 Å². The van der Waals surface area contributed by atoms with Crippen LogP contribution in [0.25, 0.3) is 0 Å². The quantitative estimate of drug-likeness (QED) is 0.872. The summed E-state index contributed by atoms with van der Waals surface area (Å²) in [6.45, 7) is 4.75. The molecule has 2 unspecified atom stereocenters. The number of nitrogens with one attached hydrogen (secondary N) is 1. The summed E-state index contributed by atoms with van der Waals surface area (Å²) in [6, 6.07) is 0. The molecule has 19 heavy (non-hydrogen) atoms. The lowest BCUT2D eigenvalue weighted by atomic mass is 10.1. The van der Waals surface area contributed by atoms with Gasteiger partial charge in [-0.3, -0.25) is 4.79 Å². The summed E-state index contributed by atoms with van der Waals surface area (Å²) in [7, 11) is 0. The van der Waals surface area contributed by atoms with Crippen LogP contribution in [0.2, 0.25) is 0 Å². The maximum Gasteiger partial charge on any atom is 0.220 e. The SMILES string of the molecule is Cc1csc(CCNC(=O)CCC2CCC(C)O2)n1. The average molecular weight is 282 g/mol. The first-order chi connectivity index (χ1) is 9.13. The second-order valence-electron chi connectivity index (χ2n) is 5.17. The van der Waals surface area contributed by atoms with Crippen molar-refractivity contribution in [2.75, 3.05) is 6.54 Å². The fraction of sp³-hybridized carbons (Fsp3) is 0.714. The highest BCUT2D eigenvalue weighted by atomic mass is 32.1. The Labute approximate surface area is 118 Å². The summed E-state index contributed by atoms with van der Waals surface area (Å²) in [6.07, 6.45) is 5.08. The molecule has 1 aliphatic heterocycles. The molecule has 2 heterocycles. The van der Waals surface area contributed by atoms with E-state index in [1.165, 1.54) is 0 Å². The number of hydrogen-bond acceptors (Lipinski definition) is 4. The highest BCUT2D eigenvalue weighted by Crippen LogP contribution is 2.22. The van der Waals surface area contributed by atoms with E-state index in [-0.39, 0.29) is 12.0 Å². The maximum absolute atomic E-state index is 11.7. The van der Waals surface area contributed by atoms with Crippen molar-refractivity contribution in [1.29, 1.82) is 0 Å². The van der Waals surface area contributed by atoms with Gasteiger partial charge in [0.25, 0.3) is 0 Å². The van der Waals surface area contributed by atoms with Crippen molar-refractivity contribution in [2.24, 2.45) is 0 Å². The molecule has 5 heteroatoms. The van der Waals surface area contributed by atoms with Crippen molar-refractivity contribution in [3.8, 4) is 0 Å². The summed E-state index contributed by atoms with van der Waals surface area (Å²) in [5, 5.41) is 6.07. The monoisotopic (exact) mass is 282 g/mol. The Morgan fingerprint density at radius 1 is 1.58 bits per heavy atom. The molecule has 0 spiro atoms. The van der Waals surface area contributed by atoms with E-state index in [4.69, 9.17) is 4.74 Å². The predicted octanol–water partition coefficient (Wildman–Crippen LogP) is 2.46. The van der Waals surface area contributed by atoms with Crippen LogP contribution in [0.4, 0.5) is 0 Å².